The maximum absolute atomic E-state index is 6.01. The van der Waals surface area contributed by atoms with Crippen molar-refractivity contribution in [2.24, 2.45) is 5.73 Å². The zero-order chi connectivity index (χ0) is 17.6. The second kappa shape index (κ2) is 6.46. The molecule has 3 aliphatic rings. The molecule has 5 rings (SSSR count). The Kier molecular flexibility index (Phi) is 4.09. The Labute approximate surface area is 154 Å². The number of nitrogens with one attached hydrogen (secondary N) is 1. The van der Waals surface area contributed by atoms with Crippen molar-refractivity contribution in [3.8, 4) is 0 Å². The Morgan fingerprint density at radius 3 is 2.62 bits per heavy atom. The second-order valence-corrected chi connectivity index (χ2v) is 8.59. The lowest BCUT2D eigenvalue weighted by Gasteiger charge is -2.23. The second-order valence-electron chi connectivity index (χ2n) is 8.59. The quantitative estimate of drug-likeness (QED) is 0.835. The molecule has 2 atom stereocenters. The van der Waals surface area contributed by atoms with E-state index in [1.54, 1.807) is 0 Å². The van der Waals surface area contributed by atoms with Crippen LogP contribution in [0.3, 0.4) is 0 Å². The predicted octanol–water partition coefficient (Wildman–Crippen LogP) is 3.23. The molecule has 0 bridgehead atoms. The van der Waals surface area contributed by atoms with Crippen molar-refractivity contribution >= 4 is 0 Å². The van der Waals surface area contributed by atoms with E-state index in [9.17, 15) is 0 Å². The van der Waals surface area contributed by atoms with Crippen molar-refractivity contribution < 1.29 is 4.52 Å². The summed E-state index contributed by atoms with van der Waals surface area (Å²) in [5.41, 5.74) is 7.57. The van der Waals surface area contributed by atoms with Gasteiger partial charge in [0.05, 0.1) is 0 Å². The Bertz CT molecular complexity index is 746. The number of rotatable bonds is 6. The first kappa shape index (κ1) is 16.5. The predicted molar refractivity (Wildman–Crippen MR) is 100.0 cm³/mol. The summed E-state index contributed by atoms with van der Waals surface area (Å²) >= 11 is 0. The van der Waals surface area contributed by atoms with Crippen LogP contribution < -0.4 is 11.1 Å². The van der Waals surface area contributed by atoms with Gasteiger partial charge in [-0.25, -0.2) is 0 Å². The lowest BCUT2D eigenvalue weighted by atomic mass is 9.86. The third-order valence-corrected chi connectivity index (χ3v) is 6.61. The number of nitrogens with zero attached hydrogens (tertiary/aromatic N) is 2. The standard InChI is InChI=1S/C21H28N4O/c22-16-8-6-15(7-9-16)19-24-20(25-26-19)21(10-11-21)13-23-18-12-17(18)14-4-2-1-3-5-14/h1-5,15-18,23H,6-13,22H2/t15-,16-,17-,18+/m0/s1. The van der Waals surface area contributed by atoms with Crippen molar-refractivity contribution in [2.45, 2.75) is 74.3 Å². The lowest BCUT2D eigenvalue weighted by molar-refractivity contribution is 0.298. The third-order valence-electron chi connectivity index (χ3n) is 6.61. The molecule has 1 aromatic heterocycles. The van der Waals surface area contributed by atoms with Gasteiger partial charge in [-0.3, -0.25) is 0 Å². The van der Waals surface area contributed by atoms with Crippen LogP contribution >= 0.6 is 0 Å². The minimum Gasteiger partial charge on any atom is -0.339 e. The van der Waals surface area contributed by atoms with Gasteiger partial charge in [0, 0.05) is 35.9 Å². The topological polar surface area (TPSA) is 77.0 Å². The number of benzene rings is 1. The fraction of sp³-hybridized carbons (Fsp3) is 0.619. The van der Waals surface area contributed by atoms with Gasteiger partial charge < -0.3 is 15.6 Å². The van der Waals surface area contributed by atoms with Crippen molar-refractivity contribution in [3.63, 3.8) is 0 Å². The van der Waals surface area contributed by atoms with Gasteiger partial charge in [-0.15, -0.1) is 0 Å². The summed E-state index contributed by atoms with van der Waals surface area (Å²) < 4.78 is 5.65. The van der Waals surface area contributed by atoms with Crippen molar-refractivity contribution in [3.05, 3.63) is 47.6 Å². The van der Waals surface area contributed by atoms with Gasteiger partial charge in [-0.2, -0.15) is 4.98 Å². The van der Waals surface area contributed by atoms with Crippen molar-refractivity contribution in [1.82, 2.24) is 15.5 Å². The van der Waals surface area contributed by atoms with E-state index >= 15 is 0 Å². The van der Waals surface area contributed by atoms with Crippen LogP contribution in [0.25, 0.3) is 0 Å². The van der Waals surface area contributed by atoms with E-state index in [0.717, 1.165) is 56.8 Å². The summed E-state index contributed by atoms with van der Waals surface area (Å²) in [5, 5.41) is 8.13. The maximum atomic E-state index is 6.01. The van der Waals surface area contributed by atoms with Gasteiger partial charge in [-0.05, 0) is 50.5 Å². The minimum absolute atomic E-state index is 0.108. The fourth-order valence-corrected chi connectivity index (χ4v) is 4.43. The van der Waals surface area contributed by atoms with E-state index in [4.69, 9.17) is 15.2 Å². The van der Waals surface area contributed by atoms with Gasteiger partial charge in [0.25, 0.3) is 0 Å². The summed E-state index contributed by atoms with van der Waals surface area (Å²) in [7, 11) is 0. The van der Waals surface area contributed by atoms with E-state index in [1.807, 2.05) is 0 Å². The average molecular weight is 352 g/mol. The fourth-order valence-electron chi connectivity index (χ4n) is 4.43. The van der Waals surface area contributed by atoms with Crippen LogP contribution in [-0.4, -0.2) is 28.8 Å². The highest BCUT2D eigenvalue weighted by molar-refractivity contribution is 5.28. The van der Waals surface area contributed by atoms with E-state index in [2.05, 4.69) is 40.8 Å². The molecule has 0 amide bonds. The van der Waals surface area contributed by atoms with Crippen LogP contribution in [0.15, 0.2) is 34.9 Å². The SMILES string of the molecule is N[C@H]1CC[C@H](c2nc(C3(CN[C@@H]4C[C@H]4c4ccccc4)CC3)no2)CC1. The monoisotopic (exact) mass is 352 g/mol. The van der Waals surface area contributed by atoms with Crippen LogP contribution in [0, 0.1) is 0 Å². The number of hydrogen-bond acceptors (Lipinski definition) is 5. The first-order valence-corrected chi connectivity index (χ1v) is 10.1. The zero-order valence-corrected chi connectivity index (χ0v) is 15.2. The Morgan fingerprint density at radius 2 is 1.88 bits per heavy atom. The largest absolute Gasteiger partial charge is 0.339 e. The number of nitrogens with two attached hydrogens (primary N) is 1. The molecular formula is C21H28N4O. The molecule has 1 aromatic carbocycles. The molecule has 3 aliphatic carbocycles. The summed E-state index contributed by atoms with van der Waals surface area (Å²) in [5.74, 6) is 2.84. The third kappa shape index (κ3) is 3.19. The normalized spacial score (nSPS) is 32.3. The molecule has 3 fully saturated rings. The molecule has 26 heavy (non-hydrogen) atoms. The van der Waals surface area contributed by atoms with Crippen LogP contribution in [0.5, 0.6) is 0 Å². The molecule has 3 saturated carbocycles. The summed E-state index contributed by atoms with van der Waals surface area (Å²) in [6, 6.07) is 11.8. The lowest BCUT2D eigenvalue weighted by Crippen LogP contribution is -2.30. The molecule has 0 saturated heterocycles. The zero-order valence-electron chi connectivity index (χ0n) is 15.2. The smallest absolute Gasteiger partial charge is 0.229 e. The summed E-state index contributed by atoms with van der Waals surface area (Å²) in [6.45, 7) is 0.968. The molecular weight excluding hydrogens is 324 g/mol. The van der Waals surface area contributed by atoms with Crippen molar-refractivity contribution in [1.29, 1.82) is 0 Å². The Morgan fingerprint density at radius 1 is 1.12 bits per heavy atom. The summed E-state index contributed by atoms with van der Waals surface area (Å²) in [4.78, 5) is 4.81. The molecule has 5 nitrogen and oxygen atoms in total. The molecule has 0 unspecified atom stereocenters. The van der Waals surface area contributed by atoms with E-state index in [1.165, 1.54) is 12.0 Å². The molecule has 3 N–H and O–H groups in total. The Hall–Kier alpha value is -1.72. The highest BCUT2D eigenvalue weighted by atomic mass is 16.5. The molecule has 1 heterocycles. The minimum atomic E-state index is 0.108. The van der Waals surface area contributed by atoms with Gasteiger partial charge >= 0.3 is 0 Å². The number of hydrogen-bond donors (Lipinski definition) is 2. The van der Waals surface area contributed by atoms with Gasteiger partial charge in [0.15, 0.2) is 5.82 Å². The average Bonchev–Trinajstić information content (AvgIpc) is 3.59. The molecule has 5 heteroatoms. The van der Waals surface area contributed by atoms with Crippen LogP contribution in [0.1, 0.15) is 74.1 Å². The number of aromatic nitrogens is 2. The maximum Gasteiger partial charge on any atom is 0.229 e. The van der Waals surface area contributed by atoms with E-state index in [0.29, 0.717) is 23.9 Å². The first-order valence-electron chi connectivity index (χ1n) is 10.1. The highest BCUT2D eigenvalue weighted by Gasteiger charge is 2.50. The van der Waals surface area contributed by atoms with Gasteiger partial charge in [0.1, 0.15) is 0 Å². The van der Waals surface area contributed by atoms with Crippen molar-refractivity contribution in [2.75, 3.05) is 6.54 Å². The molecule has 0 aliphatic heterocycles. The van der Waals surface area contributed by atoms with Gasteiger partial charge in [-0.1, -0.05) is 35.5 Å². The van der Waals surface area contributed by atoms with E-state index < -0.39 is 0 Å². The van der Waals surface area contributed by atoms with E-state index in [-0.39, 0.29) is 5.41 Å². The molecule has 2 aromatic rings. The van der Waals surface area contributed by atoms with Crippen LogP contribution in [-0.2, 0) is 5.41 Å². The molecule has 0 spiro atoms. The first-order chi connectivity index (χ1) is 12.7. The Balaban J connectivity index is 1.18. The van der Waals surface area contributed by atoms with Gasteiger partial charge in [0.2, 0.25) is 5.89 Å². The molecule has 0 radical (unpaired) electrons. The van der Waals surface area contributed by atoms with Crippen LogP contribution in [0.4, 0.5) is 0 Å². The molecule has 138 valence electrons. The van der Waals surface area contributed by atoms with Crippen LogP contribution in [0.2, 0.25) is 0 Å². The highest BCUT2D eigenvalue weighted by Crippen LogP contribution is 2.48. The summed E-state index contributed by atoms with van der Waals surface area (Å²) in [6.07, 6.45) is 7.85.